The van der Waals surface area contributed by atoms with Crippen molar-refractivity contribution in [1.29, 1.82) is 0 Å². The summed E-state index contributed by atoms with van der Waals surface area (Å²) in [7, 11) is 0. The third-order valence-electron chi connectivity index (χ3n) is 3.38. The molecule has 2 nitrogen and oxygen atoms in total. The first-order valence-corrected chi connectivity index (χ1v) is 6.80. The molecule has 1 aliphatic heterocycles. The van der Waals surface area contributed by atoms with Crippen molar-refractivity contribution in [2.75, 3.05) is 13.2 Å². The fourth-order valence-electron chi connectivity index (χ4n) is 2.25. The van der Waals surface area contributed by atoms with E-state index in [4.69, 9.17) is 0 Å². The molecule has 1 N–H and O–H groups in total. The van der Waals surface area contributed by atoms with Gasteiger partial charge in [-0.05, 0) is 17.5 Å². The van der Waals surface area contributed by atoms with Gasteiger partial charge in [-0.3, -0.25) is 4.90 Å². The van der Waals surface area contributed by atoms with E-state index in [2.05, 4.69) is 55.1 Å². The highest BCUT2D eigenvalue weighted by molar-refractivity contribution is 5.47. The van der Waals surface area contributed by atoms with Gasteiger partial charge < -0.3 is 17.3 Å². The first kappa shape index (κ1) is 15.8. The molecule has 0 radical (unpaired) electrons. The molecule has 0 aliphatic carbocycles. The summed E-state index contributed by atoms with van der Waals surface area (Å²) in [5, 5.41) is 0. The average Bonchev–Trinajstić information content (AvgIpc) is 2.85. The van der Waals surface area contributed by atoms with Crippen molar-refractivity contribution in [2.24, 2.45) is 0 Å². The molecule has 104 valence electrons. The summed E-state index contributed by atoms with van der Waals surface area (Å²) in [6.07, 6.45) is 8.98. The Morgan fingerprint density at radius 2 is 2.05 bits per heavy atom. The highest BCUT2D eigenvalue weighted by Crippen LogP contribution is 2.08. The SMILES string of the molecule is C=Cc1ccc(CN2C=C[NH+](CCCC)C2)cc1.[Cl-]. The van der Waals surface area contributed by atoms with E-state index in [1.54, 1.807) is 4.90 Å². The molecule has 0 amide bonds. The first-order chi connectivity index (χ1) is 8.81. The number of quaternary nitrogens is 1. The lowest BCUT2D eigenvalue weighted by Gasteiger charge is -2.17. The maximum Gasteiger partial charge on any atom is 0.157 e. The van der Waals surface area contributed by atoms with Gasteiger partial charge in [-0.15, -0.1) is 0 Å². The van der Waals surface area contributed by atoms with Gasteiger partial charge in [-0.1, -0.05) is 50.3 Å². The van der Waals surface area contributed by atoms with Crippen LogP contribution < -0.4 is 17.3 Å². The van der Waals surface area contributed by atoms with Crippen LogP contribution in [0.4, 0.5) is 0 Å². The van der Waals surface area contributed by atoms with Gasteiger partial charge in [-0.25, -0.2) is 0 Å². The molecule has 19 heavy (non-hydrogen) atoms. The molecule has 1 aromatic carbocycles. The van der Waals surface area contributed by atoms with Crippen LogP contribution in [-0.4, -0.2) is 18.1 Å². The van der Waals surface area contributed by atoms with E-state index in [1.807, 2.05) is 6.08 Å². The zero-order valence-corrected chi connectivity index (χ0v) is 12.4. The Morgan fingerprint density at radius 1 is 1.32 bits per heavy atom. The van der Waals surface area contributed by atoms with Gasteiger partial charge in [0.1, 0.15) is 6.20 Å². The van der Waals surface area contributed by atoms with Crippen molar-refractivity contribution < 1.29 is 17.3 Å². The van der Waals surface area contributed by atoms with E-state index in [0.717, 1.165) is 13.2 Å². The molecular weight excluding hydrogens is 256 g/mol. The van der Waals surface area contributed by atoms with Crippen LogP contribution in [0.15, 0.2) is 43.2 Å². The monoisotopic (exact) mass is 278 g/mol. The van der Waals surface area contributed by atoms with E-state index in [9.17, 15) is 0 Å². The molecule has 0 fully saturated rings. The Hall–Kier alpha value is -1.25. The van der Waals surface area contributed by atoms with E-state index in [1.165, 1.54) is 30.5 Å². The molecule has 1 aromatic rings. The standard InChI is InChI=1S/C16H22N2.ClH/c1-3-5-10-17-11-12-18(14-17)13-16-8-6-15(4-2)7-9-16;/h4,6-9,11-12H,2-3,5,10,13-14H2,1H3;1H. The van der Waals surface area contributed by atoms with Crippen molar-refractivity contribution in [3.05, 3.63) is 54.4 Å². The summed E-state index contributed by atoms with van der Waals surface area (Å²) in [6.45, 7) is 9.38. The summed E-state index contributed by atoms with van der Waals surface area (Å²) in [6, 6.07) is 8.64. The molecule has 1 heterocycles. The predicted molar refractivity (Wildman–Crippen MR) is 76.8 cm³/mol. The molecule has 0 saturated carbocycles. The van der Waals surface area contributed by atoms with Crippen molar-refractivity contribution in [3.63, 3.8) is 0 Å². The van der Waals surface area contributed by atoms with Gasteiger partial charge >= 0.3 is 0 Å². The van der Waals surface area contributed by atoms with Crippen molar-refractivity contribution >= 4 is 6.08 Å². The molecule has 1 atom stereocenters. The summed E-state index contributed by atoms with van der Waals surface area (Å²) in [5.41, 5.74) is 2.55. The predicted octanol–water partition coefficient (Wildman–Crippen LogP) is -0.737. The topological polar surface area (TPSA) is 7.68 Å². The van der Waals surface area contributed by atoms with Crippen molar-refractivity contribution in [3.8, 4) is 0 Å². The zero-order chi connectivity index (χ0) is 12.8. The highest BCUT2D eigenvalue weighted by Gasteiger charge is 2.16. The quantitative estimate of drug-likeness (QED) is 0.721. The number of hydrogen-bond acceptors (Lipinski definition) is 1. The number of unbranched alkanes of at least 4 members (excludes halogenated alkanes) is 1. The first-order valence-electron chi connectivity index (χ1n) is 6.80. The second-order valence-electron chi connectivity index (χ2n) is 4.93. The average molecular weight is 279 g/mol. The lowest BCUT2D eigenvalue weighted by Crippen LogP contribution is -3.07. The zero-order valence-electron chi connectivity index (χ0n) is 11.6. The van der Waals surface area contributed by atoms with Gasteiger partial charge in [0.2, 0.25) is 0 Å². The van der Waals surface area contributed by atoms with Gasteiger partial charge in [0.15, 0.2) is 6.67 Å². The van der Waals surface area contributed by atoms with Crippen LogP contribution in [0.25, 0.3) is 6.08 Å². The Morgan fingerprint density at radius 3 is 2.68 bits per heavy atom. The van der Waals surface area contributed by atoms with Crippen LogP contribution in [0.3, 0.4) is 0 Å². The molecule has 0 spiro atoms. The van der Waals surface area contributed by atoms with Crippen molar-refractivity contribution in [2.45, 2.75) is 26.3 Å². The van der Waals surface area contributed by atoms with E-state index in [-0.39, 0.29) is 12.4 Å². The summed E-state index contributed by atoms with van der Waals surface area (Å²) in [4.78, 5) is 3.95. The Kier molecular flexibility index (Phi) is 6.68. The maximum absolute atomic E-state index is 3.78. The normalized spacial score (nSPS) is 17.3. The number of halogens is 1. The summed E-state index contributed by atoms with van der Waals surface area (Å²) >= 11 is 0. The van der Waals surface area contributed by atoms with Gasteiger partial charge in [0.05, 0.1) is 12.7 Å². The third kappa shape index (κ3) is 4.73. The number of nitrogens with zero attached hydrogens (tertiary/aromatic N) is 1. The highest BCUT2D eigenvalue weighted by atomic mass is 35.5. The van der Waals surface area contributed by atoms with Gasteiger partial charge in [-0.2, -0.15) is 0 Å². The smallest absolute Gasteiger partial charge is 0.157 e. The molecule has 0 bridgehead atoms. The second-order valence-corrected chi connectivity index (χ2v) is 4.93. The molecule has 1 unspecified atom stereocenters. The van der Waals surface area contributed by atoms with E-state index >= 15 is 0 Å². The second kappa shape index (κ2) is 8.03. The van der Waals surface area contributed by atoms with Gasteiger partial charge in [0.25, 0.3) is 0 Å². The van der Waals surface area contributed by atoms with E-state index in [0.29, 0.717) is 0 Å². The van der Waals surface area contributed by atoms with Crippen LogP contribution in [0.2, 0.25) is 0 Å². The summed E-state index contributed by atoms with van der Waals surface area (Å²) < 4.78 is 0. The fourth-order valence-corrected chi connectivity index (χ4v) is 2.25. The number of rotatable bonds is 6. The number of benzene rings is 1. The lowest BCUT2D eigenvalue weighted by atomic mass is 10.1. The fraction of sp³-hybridized carbons (Fsp3) is 0.375. The molecule has 0 saturated heterocycles. The van der Waals surface area contributed by atoms with Crippen LogP contribution in [0.5, 0.6) is 0 Å². The Labute approximate surface area is 122 Å². The third-order valence-corrected chi connectivity index (χ3v) is 3.38. The van der Waals surface area contributed by atoms with Crippen LogP contribution in [0, 0.1) is 0 Å². The number of hydrogen-bond donors (Lipinski definition) is 1. The van der Waals surface area contributed by atoms with Gasteiger partial charge in [0, 0.05) is 6.54 Å². The van der Waals surface area contributed by atoms with Crippen LogP contribution >= 0.6 is 0 Å². The van der Waals surface area contributed by atoms with Crippen LogP contribution in [0.1, 0.15) is 30.9 Å². The maximum atomic E-state index is 3.78. The van der Waals surface area contributed by atoms with Crippen LogP contribution in [-0.2, 0) is 6.54 Å². The molecular formula is C16H23ClN2. The number of nitrogens with one attached hydrogen (secondary N) is 1. The largest absolute Gasteiger partial charge is 1.00 e. The van der Waals surface area contributed by atoms with Crippen molar-refractivity contribution in [1.82, 2.24) is 4.90 Å². The minimum atomic E-state index is 0. The molecule has 0 aromatic heterocycles. The summed E-state index contributed by atoms with van der Waals surface area (Å²) in [5.74, 6) is 0. The Bertz CT molecular complexity index is 411. The molecule has 3 heteroatoms. The Balaban J connectivity index is 0.00000180. The van der Waals surface area contributed by atoms with E-state index < -0.39 is 0 Å². The lowest BCUT2D eigenvalue weighted by molar-refractivity contribution is -0.849. The molecule has 2 rings (SSSR count). The minimum absolute atomic E-state index is 0. The molecule has 1 aliphatic rings. The minimum Gasteiger partial charge on any atom is -1.00 e.